The Bertz CT molecular complexity index is 1770. The average molecular weight is 571 g/mol. The van der Waals surface area contributed by atoms with E-state index in [9.17, 15) is 0 Å². The van der Waals surface area contributed by atoms with Gasteiger partial charge in [0.25, 0.3) is 0 Å². The second-order valence-electron chi connectivity index (χ2n) is 13.7. The van der Waals surface area contributed by atoms with Gasteiger partial charge in [0.05, 0.1) is 10.8 Å². The minimum Gasteiger partial charge on any atom is -0.0613 e. The summed E-state index contributed by atoms with van der Waals surface area (Å²) >= 11 is 0. The maximum absolute atomic E-state index is 2.47. The van der Waals surface area contributed by atoms with Crippen LogP contribution >= 0.6 is 0 Å². The van der Waals surface area contributed by atoms with E-state index in [2.05, 4.69) is 165 Å². The lowest BCUT2D eigenvalue weighted by molar-refractivity contribution is 0.441. The van der Waals surface area contributed by atoms with Crippen LogP contribution in [-0.2, 0) is 10.8 Å². The summed E-state index contributed by atoms with van der Waals surface area (Å²) in [6.07, 6.45) is 0. The number of aryl methyl sites for hydroxylation is 8. The fourth-order valence-electron chi connectivity index (χ4n) is 8.96. The van der Waals surface area contributed by atoms with Crippen LogP contribution < -0.4 is 0 Å². The van der Waals surface area contributed by atoms with Gasteiger partial charge in [-0.2, -0.15) is 0 Å². The molecule has 0 saturated heterocycles. The molecule has 0 aromatic heterocycles. The van der Waals surface area contributed by atoms with Gasteiger partial charge in [-0.05, 0) is 99.5 Å². The van der Waals surface area contributed by atoms with Crippen LogP contribution in [0.2, 0.25) is 0 Å². The van der Waals surface area contributed by atoms with Crippen molar-refractivity contribution in [1.29, 1.82) is 0 Å². The Morgan fingerprint density at radius 3 is 0.818 bits per heavy atom. The molecule has 0 amide bonds. The SMILES string of the molecule is Cc1cc(C)cc(C2(c3cc(C)cc(C)c3)c3cccc4cccc(c34)C2(c2cc(C)cc(C)c2)c2cc(C)cc(C)c2)c1. The third-order valence-electron chi connectivity index (χ3n) is 9.89. The highest BCUT2D eigenvalue weighted by Crippen LogP contribution is 2.66. The first-order valence-electron chi connectivity index (χ1n) is 15.9. The molecule has 0 atom stereocenters. The minimum absolute atomic E-state index is 0.537. The van der Waals surface area contributed by atoms with Gasteiger partial charge < -0.3 is 0 Å². The Balaban J connectivity index is 1.86. The molecule has 0 fully saturated rings. The lowest BCUT2D eigenvalue weighted by atomic mass is 9.50. The van der Waals surface area contributed by atoms with E-state index in [1.54, 1.807) is 0 Å². The summed E-state index contributed by atoms with van der Waals surface area (Å²) in [6.45, 7) is 18.0. The zero-order chi connectivity index (χ0) is 31.0. The molecule has 0 heteroatoms. The number of hydrogen-bond donors (Lipinski definition) is 0. The quantitative estimate of drug-likeness (QED) is 0.198. The van der Waals surface area contributed by atoms with Crippen molar-refractivity contribution in [2.75, 3.05) is 0 Å². The van der Waals surface area contributed by atoms with Crippen molar-refractivity contribution in [3.8, 4) is 0 Å². The first-order valence-corrected chi connectivity index (χ1v) is 15.9. The van der Waals surface area contributed by atoms with Gasteiger partial charge in [-0.3, -0.25) is 0 Å². The summed E-state index contributed by atoms with van der Waals surface area (Å²) in [7, 11) is 0. The molecule has 0 radical (unpaired) electrons. The predicted octanol–water partition coefficient (Wildman–Crippen LogP) is 11.0. The molecule has 0 bridgehead atoms. The molecule has 6 aromatic rings. The Morgan fingerprint density at radius 2 is 0.568 bits per heavy atom. The van der Waals surface area contributed by atoms with Crippen LogP contribution in [-0.4, -0.2) is 0 Å². The third kappa shape index (κ3) is 3.97. The predicted molar refractivity (Wildman–Crippen MR) is 187 cm³/mol. The molecule has 0 saturated carbocycles. The molecule has 0 nitrogen and oxygen atoms in total. The van der Waals surface area contributed by atoms with E-state index < -0.39 is 10.8 Å². The van der Waals surface area contributed by atoms with Gasteiger partial charge >= 0.3 is 0 Å². The molecule has 7 rings (SSSR count). The fourth-order valence-corrected chi connectivity index (χ4v) is 8.96. The number of hydrogen-bond acceptors (Lipinski definition) is 0. The van der Waals surface area contributed by atoms with Crippen molar-refractivity contribution >= 4 is 10.8 Å². The van der Waals surface area contributed by atoms with Crippen LogP contribution in [0.4, 0.5) is 0 Å². The topological polar surface area (TPSA) is 0 Å². The van der Waals surface area contributed by atoms with Gasteiger partial charge in [0, 0.05) is 0 Å². The van der Waals surface area contributed by atoms with Gasteiger partial charge in [0.15, 0.2) is 0 Å². The van der Waals surface area contributed by atoms with Crippen molar-refractivity contribution in [1.82, 2.24) is 0 Å². The van der Waals surface area contributed by atoms with E-state index in [0.717, 1.165) is 0 Å². The molecule has 218 valence electrons. The molecular formula is C44H42. The van der Waals surface area contributed by atoms with Crippen molar-refractivity contribution < 1.29 is 0 Å². The second kappa shape index (κ2) is 10.1. The van der Waals surface area contributed by atoms with E-state index in [0.29, 0.717) is 0 Å². The van der Waals surface area contributed by atoms with E-state index in [4.69, 9.17) is 0 Å². The Morgan fingerprint density at radius 1 is 0.318 bits per heavy atom. The minimum atomic E-state index is -0.537. The van der Waals surface area contributed by atoms with Crippen LogP contribution in [0.5, 0.6) is 0 Å². The van der Waals surface area contributed by atoms with Crippen molar-refractivity contribution in [2.45, 2.75) is 66.2 Å². The normalized spacial score (nSPS) is 14.7. The summed E-state index contributed by atoms with van der Waals surface area (Å²) < 4.78 is 0. The van der Waals surface area contributed by atoms with E-state index in [1.807, 2.05) is 0 Å². The fraction of sp³-hybridized carbons (Fsp3) is 0.227. The molecule has 0 unspecified atom stereocenters. The monoisotopic (exact) mass is 570 g/mol. The van der Waals surface area contributed by atoms with Crippen LogP contribution in [0.15, 0.2) is 109 Å². The average Bonchev–Trinajstić information content (AvgIpc) is 3.21. The Hall–Kier alpha value is -4.42. The van der Waals surface area contributed by atoms with Crippen LogP contribution in [0, 0.1) is 55.4 Å². The maximum atomic E-state index is 2.47. The smallest absolute Gasteiger partial charge is 0.0613 e. The molecule has 1 aliphatic rings. The van der Waals surface area contributed by atoms with Crippen LogP contribution in [0.1, 0.15) is 77.9 Å². The van der Waals surface area contributed by atoms with Crippen molar-refractivity contribution in [3.63, 3.8) is 0 Å². The molecule has 0 N–H and O–H groups in total. The lowest BCUT2D eigenvalue weighted by Crippen LogP contribution is -2.50. The van der Waals surface area contributed by atoms with Crippen molar-refractivity contribution in [3.05, 3.63) is 187 Å². The van der Waals surface area contributed by atoms with Gasteiger partial charge in [-0.25, -0.2) is 0 Å². The van der Waals surface area contributed by atoms with E-state index in [1.165, 1.54) is 88.7 Å². The molecule has 0 heterocycles. The standard InChI is InChI=1S/C44H42/c1-27-15-28(2)20-36(19-27)43(37-21-29(3)16-30(4)22-37)40-13-9-11-35-12-10-14-41(42(35)40)44(43,38-23-31(5)17-32(6)24-38)39-25-33(7)18-34(8)26-39/h9-26H,1-8H3. The molecule has 6 aromatic carbocycles. The largest absolute Gasteiger partial charge is 0.0635 e. The molecule has 44 heavy (non-hydrogen) atoms. The number of benzene rings is 6. The summed E-state index contributed by atoms with van der Waals surface area (Å²) in [6, 6.07) is 43.0. The van der Waals surface area contributed by atoms with E-state index >= 15 is 0 Å². The van der Waals surface area contributed by atoms with Gasteiger partial charge in [0.1, 0.15) is 0 Å². The van der Waals surface area contributed by atoms with Gasteiger partial charge in [-0.15, -0.1) is 0 Å². The molecule has 1 aliphatic carbocycles. The highest BCUT2D eigenvalue weighted by atomic mass is 14.6. The lowest BCUT2D eigenvalue weighted by Gasteiger charge is -2.50. The first kappa shape index (κ1) is 28.4. The first-order chi connectivity index (χ1) is 21.0. The second-order valence-corrected chi connectivity index (χ2v) is 13.7. The van der Waals surface area contributed by atoms with Gasteiger partial charge in [-0.1, -0.05) is 154 Å². The zero-order valence-corrected chi connectivity index (χ0v) is 27.4. The Kier molecular flexibility index (Phi) is 6.49. The molecule has 0 aliphatic heterocycles. The zero-order valence-electron chi connectivity index (χ0n) is 27.4. The van der Waals surface area contributed by atoms with Gasteiger partial charge in [0.2, 0.25) is 0 Å². The third-order valence-corrected chi connectivity index (χ3v) is 9.89. The summed E-state index contributed by atoms with van der Waals surface area (Å²) in [5.41, 5.74) is 17.4. The highest BCUT2D eigenvalue weighted by molar-refractivity contribution is 5.99. The van der Waals surface area contributed by atoms with Crippen LogP contribution in [0.3, 0.4) is 0 Å². The van der Waals surface area contributed by atoms with E-state index in [-0.39, 0.29) is 0 Å². The highest BCUT2D eigenvalue weighted by Gasteiger charge is 2.62. The maximum Gasteiger partial charge on any atom is 0.0635 e. The summed E-state index contributed by atoms with van der Waals surface area (Å²) in [5.74, 6) is 0. The summed E-state index contributed by atoms with van der Waals surface area (Å²) in [4.78, 5) is 0. The summed E-state index contributed by atoms with van der Waals surface area (Å²) in [5, 5.41) is 2.68. The molecule has 0 spiro atoms. The van der Waals surface area contributed by atoms with Crippen molar-refractivity contribution in [2.24, 2.45) is 0 Å². The number of rotatable bonds is 4. The Labute approximate surface area is 263 Å². The molecular weight excluding hydrogens is 528 g/mol. The van der Waals surface area contributed by atoms with Crippen LogP contribution in [0.25, 0.3) is 10.8 Å².